The third-order valence-electron chi connectivity index (χ3n) is 3.54. The van der Waals surface area contributed by atoms with E-state index in [0.717, 1.165) is 26.7 Å². The number of rotatable bonds is 3. The van der Waals surface area contributed by atoms with Crippen LogP contribution in [0.5, 0.6) is 0 Å². The zero-order valence-electron chi connectivity index (χ0n) is 16.7. The fraction of sp³-hybridized carbons (Fsp3) is 0.263. The molecule has 0 aliphatic heterocycles. The molecule has 9 nitrogen and oxygen atoms in total. The van der Waals surface area contributed by atoms with Gasteiger partial charge in [-0.05, 0) is 39.1 Å². The van der Waals surface area contributed by atoms with Crippen molar-refractivity contribution in [3.63, 3.8) is 0 Å². The van der Waals surface area contributed by atoms with Gasteiger partial charge in [0.05, 0.1) is 26.1 Å². The summed E-state index contributed by atoms with van der Waals surface area (Å²) in [6.07, 6.45) is 3.83. The van der Waals surface area contributed by atoms with Gasteiger partial charge in [0.25, 0.3) is 5.69 Å². The number of nitro groups is 3. The van der Waals surface area contributed by atoms with Gasteiger partial charge in [-0.15, -0.1) is 17.3 Å². The third kappa shape index (κ3) is 7.57. The first-order valence-electron chi connectivity index (χ1n) is 8.43. The molecule has 0 bridgehead atoms. The first-order valence-corrected chi connectivity index (χ1v) is 10.1. The lowest BCUT2D eigenvalue weighted by Crippen LogP contribution is -1.94. The molecule has 0 radical (unpaired) electrons. The Kier molecular flexibility index (Phi) is 9.54. The summed E-state index contributed by atoms with van der Waals surface area (Å²) in [5, 5.41) is 32.5. The highest BCUT2D eigenvalue weighted by Gasteiger charge is 2.15. The molecule has 0 fully saturated rings. The van der Waals surface area contributed by atoms with E-state index in [0.29, 0.717) is 17.7 Å². The van der Waals surface area contributed by atoms with Gasteiger partial charge in [0.1, 0.15) is 5.56 Å². The molecule has 0 saturated carbocycles. The van der Waals surface area contributed by atoms with Crippen LogP contribution in [0.3, 0.4) is 0 Å². The summed E-state index contributed by atoms with van der Waals surface area (Å²) in [5.74, 6) is 5.34. The number of hydrogen-bond acceptors (Lipinski definition) is 8. The van der Waals surface area contributed by atoms with Crippen molar-refractivity contribution in [3.8, 4) is 11.8 Å². The van der Waals surface area contributed by atoms with Crippen LogP contribution >= 0.6 is 22.7 Å². The van der Waals surface area contributed by atoms with Crippen LogP contribution in [0.4, 0.5) is 10.7 Å². The predicted molar refractivity (Wildman–Crippen MR) is 117 cm³/mol. The van der Waals surface area contributed by atoms with Crippen molar-refractivity contribution in [2.45, 2.75) is 34.1 Å². The fourth-order valence-electron chi connectivity index (χ4n) is 2.20. The van der Waals surface area contributed by atoms with E-state index in [1.54, 1.807) is 37.4 Å². The molecule has 158 valence electrons. The zero-order valence-corrected chi connectivity index (χ0v) is 18.3. The van der Waals surface area contributed by atoms with Gasteiger partial charge in [0.15, 0.2) is 0 Å². The molecular formula is C19H19N3O6S2. The van der Waals surface area contributed by atoms with Gasteiger partial charge < -0.3 is 0 Å². The highest BCUT2D eigenvalue weighted by molar-refractivity contribution is 7.15. The molecule has 0 atom stereocenters. The van der Waals surface area contributed by atoms with Crippen molar-refractivity contribution in [3.05, 3.63) is 86.6 Å². The molecule has 3 rings (SSSR count). The summed E-state index contributed by atoms with van der Waals surface area (Å²) in [4.78, 5) is 31.2. The van der Waals surface area contributed by atoms with Gasteiger partial charge in [0.2, 0.25) is 5.70 Å². The maximum absolute atomic E-state index is 10.5. The monoisotopic (exact) mass is 449 g/mol. The van der Waals surface area contributed by atoms with Crippen molar-refractivity contribution in [1.29, 1.82) is 0 Å². The average Bonchev–Trinajstić information content (AvgIpc) is 3.36. The van der Waals surface area contributed by atoms with Crippen LogP contribution in [0.15, 0.2) is 40.9 Å². The Morgan fingerprint density at radius 1 is 1.00 bits per heavy atom. The Bertz CT molecular complexity index is 1070. The lowest BCUT2D eigenvalue weighted by Gasteiger charge is -1.88. The van der Waals surface area contributed by atoms with E-state index in [1.165, 1.54) is 17.4 Å². The van der Waals surface area contributed by atoms with Crippen LogP contribution in [0.2, 0.25) is 0 Å². The molecule has 2 aromatic heterocycles. The summed E-state index contributed by atoms with van der Waals surface area (Å²) in [5.41, 5.74) is 2.10. The molecule has 0 saturated heterocycles. The Morgan fingerprint density at radius 2 is 1.67 bits per heavy atom. The molecule has 11 heteroatoms. The van der Waals surface area contributed by atoms with Crippen LogP contribution < -0.4 is 0 Å². The van der Waals surface area contributed by atoms with Crippen molar-refractivity contribution in [2.75, 3.05) is 0 Å². The number of hydrogen-bond donors (Lipinski definition) is 0. The standard InChI is InChI=1S/C8H7NO2S.C6H7NO2.C5H5NO2S/c1-3-4-7-5-6(2)12-8(7)9(10)11;1-5-2-3-6(4-5)7(8)9;1-4-5(6(7)8)2-3-9-4/h5H,1-2H3;2-3H,4H2,1H3;2-3H,1H3. The van der Waals surface area contributed by atoms with Crippen LogP contribution in [-0.4, -0.2) is 14.8 Å². The molecule has 0 N–H and O–H groups in total. The second-order valence-electron chi connectivity index (χ2n) is 5.93. The Morgan fingerprint density at radius 3 is 2.00 bits per heavy atom. The van der Waals surface area contributed by atoms with E-state index in [-0.39, 0.29) is 20.5 Å². The van der Waals surface area contributed by atoms with Gasteiger partial charge >= 0.3 is 5.00 Å². The molecule has 2 aromatic rings. The molecule has 2 heterocycles. The highest BCUT2D eigenvalue weighted by Crippen LogP contribution is 2.28. The Labute approximate surface area is 180 Å². The van der Waals surface area contributed by atoms with Crippen LogP contribution in [0, 0.1) is 56.0 Å². The largest absolute Gasteiger partial charge is 0.339 e. The Hall–Kier alpha value is -3.36. The third-order valence-corrected chi connectivity index (χ3v) is 5.38. The van der Waals surface area contributed by atoms with E-state index in [4.69, 9.17) is 0 Å². The van der Waals surface area contributed by atoms with Gasteiger partial charge in [-0.2, -0.15) is 0 Å². The minimum absolute atomic E-state index is 0.141. The zero-order chi connectivity index (χ0) is 22.8. The smallest absolute Gasteiger partial charge is 0.259 e. The first-order chi connectivity index (χ1) is 14.1. The molecule has 1 aliphatic rings. The summed E-state index contributed by atoms with van der Waals surface area (Å²) in [7, 11) is 0. The van der Waals surface area contributed by atoms with E-state index < -0.39 is 4.92 Å². The van der Waals surface area contributed by atoms with E-state index in [1.807, 2.05) is 13.8 Å². The predicted octanol–water partition coefficient (Wildman–Crippen LogP) is 5.80. The van der Waals surface area contributed by atoms with Gasteiger partial charge in [-0.1, -0.05) is 28.9 Å². The van der Waals surface area contributed by atoms with Crippen LogP contribution in [0.1, 0.15) is 35.6 Å². The molecule has 30 heavy (non-hydrogen) atoms. The van der Waals surface area contributed by atoms with Crippen LogP contribution in [-0.2, 0) is 0 Å². The van der Waals surface area contributed by atoms with E-state index >= 15 is 0 Å². The maximum Gasteiger partial charge on any atom is 0.339 e. The van der Waals surface area contributed by atoms with Gasteiger partial charge in [-0.25, -0.2) is 0 Å². The summed E-state index contributed by atoms with van der Waals surface area (Å²) in [6.45, 7) is 7.12. The van der Waals surface area contributed by atoms with Crippen molar-refractivity contribution >= 4 is 33.4 Å². The summed E-state index contributed by atoms with van der Waals surface area (Å²) >= 11 is 2.55. The number of thiophene rings is 2. The minimum atomic E-state index is -0.392. The molecular weight excluding hydrogens is 430 g/mol. The molecule has 0 spiro atoms. The molecule has 0 amide bonds. The Balaban J connectivity index is 0.000000229. The minimum Gasteiger partial charge on any atom is -0.259 e. The lowest BCUT2D eigenvalue weighted by molar-refractivity contribution is -0.426. The van der Waals surface area contributed by atoms with Gasteiger partial charge in [-0.3, -0.25) is 30.3 Å². The quantitative estimate of drug-likeness (QED) is 0.331. The van der Waals surface area contributed by atoms with E-state index in [9.17, 15) is 30.3 Å². The van der Waals surface area contributed by atoms with Crippen molar-refractivity contribution in [2.24, 2.45) is 0 Å². The topological polar surface area (TPSA) is 129 Å². The second-order valence-corrected chi connectivity index (χ2v) is 8.29. The molecule has 0 unspecified atom stereocenters. The fourth-order valence-corrected chi connectivity index (χ4v) is 3.64. The highest BCUT2D eigenvalue weighted by atomic mass is 32.1. The summed E-state index contributed by atoms with van der Waals surface area (Å²) < 4.78 is 0. The molecule has 0 aromatic carbocycles. The van der Waals surface area contributed by atoms with Crippen molar-refractivity contribution < 1.29 is 14.8 Å². The normalized spacial score (nSPS) is 11.5. The first kappa shape index (κ1) is 24.7. The van der Waals surface area contributed by atoms with E-state index in [2.05, 4.69) is 11.8 Å². The second kappa shape index (κ2) is 11.6. The number of nitrogens with zero attached hydrogens (tertiary/aromatic N) is 3. The summed E-state index contributed by atoms with van der Waals surface area (Å²) in [6, 6.07) is 3.25. The van der Waals surface area contributed by atoms with Crippen LogP contribution in [0.25, 0.3) is 0 Å². The van der Waals surface area contributed by atoms with Gasteiger partial charge in [0, 0.05) is 17.0 Å². The molecule has 1 aliphatic carbocycles. The van der Waals surface area contributed by atoms with Crippen molar-refractivity contribution in [1.82, 2.24) is 0 Å². The maximum atomic E-state index is 10.5. The average molecular weight is 450 g/mol. The SMILES string of the molecule is CC#Cc1cc(C)sc1[N+](=O)[O-].CC1=CC=C([N+](=O)[O-])C1.Cc1sccc1[N+](=O)[O-]. The number of allylic oxidation sites excluding steroid dienone is 3. The number of aryl methyl sites for hydroxylation is 2. The lowest BCUT2D eigenvalue weighted by atomic mass is 10.2.